The predicted octanol–water partition coefficient (Wildman–Crippen LogP) is 7.15. The van der Waals surface area contributed by atoms with Gasteiger partial charge in [-0.15, -0.1) is 0 Å². The summed E-state index contributed by atoms with van der Waals surface area (Å²) in [6, 6.07) is 29.4. The van der Waals surface area contributed by atoms with E-state index in [2.05, 4.69) is 62.4 Å². The second-order valence-electron chi connectivity index (χ2n) is 8.94. The minimum absolute atomic E-state index is 0.185. The van der Waals surface area contributed by atoms with Crippen LogP contribution in [0, 0.1) is 13.8 Å². The van der Waals surface area contributed by atoms with Crippen LogP contribution in [0.15, 0.2) is 95.9 Å². The maximum Gasteiger partial charge on any atom is 0.294 e. The number of benzene rings is 5. The first-order chi connectivity index (χ1) is 17.7. The number of hydrogen-bond acceptors (Lipinski definition) is 4. The molecule has 0 atom stereocenters. The molecule has 5 aromatic carbocycles. The molecule has 190 valence electrons. The van der Waals surface area contributed by atoms with Gasteiger partial charge in [-0.25, -0.2) is 0 Å². The standard InChI is InChI=1S/C16H14O5S.C15H16/c1-20-15-11-5-3-4-6-12(11)16(21-2)14-9-10(22(17,18)19)7-8-13(14)15;1-12-3-7-14(8-4-12)11-15-9-5-13(2)6-10-15/h3-9H,1-2H3,(H,17,18,19);3-10H,11H2,1-2H3. The summed E-state index contributed by atoms with van der Waals surface area (Å²) in [5.74, 6) is 1.17. The van der Waals surface area contributed by atoms with Crippen LogP contribution in [0.1, 0.15) is 22.3 Å². The van der Waals surface area contributed by atoms with Gasteiger partial charge in [0.05, 0.1) is 19.1 Å². The third-order valence-electron chi connectivity index (χ3n) is 6.25. The van der Waals surface area contributed by atoms with Crippen molar-refractivity contribution in [2.75, 3.05) is 14.2 Å². The van der Waals surface area contributed by atoms with Gasteiger partial charge in [0, 0.05) is 21.5 Å². The monoisotopic (exact) mass is 514 g/mol. The lowest BCUT2D eigenvalue weighted by molar-refractivity contribution is 0.417. The molecular formula is C31H30O5S. The number of aryl methyl sites for hydroxylation is 2. The summed E-state index contributed by atoms with van der Waals surface area (Å²) in [6.45, 7) is 4.24. The highest BCUT2D eigenvalue weighted by Crippen LogP contribution is 2.43. The summed E-state index contributed by atoms with van der Waals surface area (Å²) < 4.78 is 43.0. The summed E-state index contributed by atoms with van der Waals surface area (Å²) >= 11 is 0. The Morgan fingerprint density at radius 2 is 1.05 bits per heavy atom. The molecule has 6 heteroatoms. The Morgan fingerprint density at radius 1 is 0.622 bits per heavy atom. The van der Waals surface area contributed by atoms with Crippen molar-refractivity contribution < 1.29 is 22.4 Å². The van der Waals surface area contributed by atoms with Crippen LogP contribution < -0.4 is 9.47 Å². The van der Waals surface area contributed by atoms with Crippen LogP contribution in [0.25, 0.3) is 21.5 Å². The lowest BCUT2D eigenvalue weighted by atomic mass is 10.0. The minimum Gasteiger partial charge on any atom is -0.495 e. The highest BCUT2D eigenvalue weighted by Gasteiger charge is 2.18. The summed E-state index contributed by atoms with van der Waals surface area (Å²) in [4.78, 5) is -0.185. The van der Waals surface area contributed by atoms with Crippen molar-refractivity contribution in [2.24, 2.45) is 0 Å². The van der Waals surface area contributed by atoms with Crippen molar-refractivity contribution >= 4 is 31.7 Å². The van der Waals surface area contributed by atoms with Crippen molar-refractivity contribution in [1.29, 1.82) is 0 Å². The van der Waals surface area contributed by atoms with Crippen LogP contribution in [0.4, 0.5) is 0 Å². The average molecular weight is 515 g/mol. The Bertz CT molecular complexity index is 1590. The first kappa shape index (κ1) is 26.2. The average Bonchev–Trinajstić information content (AvgIpc) is 2.89. The van der Waals surface area contributed by atoms with E-state index in [1.807, 2.05) is 24.3 Å². The maximum atomic E-state index is 11.4. The predicted molar refractivity (Wildman–Crippen MR) is 150 cm³/mol. The zero-order valence-electron chi connectivity index (χ0n) is 21.4. The second kappa shape index (κ2) is 11.0. The smallest absolute Gasteiger partial charge is 0.294 e. The van der Waals surface area contributed by atoms with Crippen molar-refractivity contribution in [2.45, 2.75) is 25.2 Å². The van der Waals surface area contributed by atoms with Crippen LogP contribution in [-0.2, 0) is 16.5 Å². The van der Waals surface area contributed by atoms with Gasteiger partial charge in [0.1, 0.15) is 11.5 Å². The van der Waals surface area contributed by atoms with Gasteiger partial charge in [-0.05, 0) is 49.6 Å². The van der Waals surface area contributed by atoms with Crippen LogP contribution >= 0.6 is 0 Å². The Balaban J connectivity index is 0.000000186. The molecule has 0 unspecified atom stereocenters. The fourth-order valence-electron chi connectivity index (χ4n) is 4.33. The van der Waals surface area contributed by atoms with Crippen molar-refractivity contribution in [3.8, 4) is 11.5 Å². The number of methoxy groups -OCH3 is 2. The summed E-state index contributed by atoms with van der Waals surface area (Å²) in [5.41, 5.74) is 5.40. The number of hydrogen-bond donors (Lipinski definition) is 1. The molecule has 0 fully saturated rings. The van der Waals surface area contributed by atoms with Crippen molar-refractivity contribution in [3.05, 3.63) is 113 Å². The molecule has 0 aromatic heterocycles. The maximum absolute atomic E-state index is 11.4. The quantitative estimate of drug-likeness (QED) is 0.199. The van der Waals surface area contributed by atoms with E-state index in [-0.39, 0.29) is 4.90 Å². The zero-order valence-corrected chi connectivity index (χ0v) is 22.2. The molecule has 0 aliphatic heterocycles. The van der Waals surface area contributed by atoms with Gasteiger partial charge in [0.25, 0.3) is 10.1 Å². The second-order valence-corrected chi connectivity index (χ2v) is 10.4. The topological polar surface area (TPSA) is 72.8 Å². The molecule has 5 rings (SSSR count). The Hall–Kier alpha value is -3.87. The fraction of sp³-hybridized carbons (Fsp3) is 0.161. The normalized spacial score (nSPS) is 11.2. The molecule has 0 aliphatic carbocycles. The van der Waals surface area contributed by atoms with Crippen LogP contribution in [0.5, 0.6) is 11.5 Å². The van der Waals surface area contributed by atoms with E-state index in [4.69, 9.17) is 9.47 Å². The number of rotatable bonds is 5. The molecule has 0 saturated carbocycles. The third-order valence-corrected chi connectivity index (χ3v) is 7.10. The molecule has 0 saturated heterocycles. The molecular weight excluding hydrogens is 484 g/mol. The summed E-state index contributed by atoms with van der Waals surface area (Å²) in [7, 11) is -1.21. The molecule has 1 N–H and O–H groups in total. The molecule has 5 nitrogen and oxygen atoms in total. The van der Waals surface area contributed by atoms with Gasteiger partial charge in [-0.3, -0.25) is 4.55 Å². The molecule has 5 aromatic rings. The fourth-order valence-corrected chi connectivity index (χ4v) is 4.83. The van der Waals surface area contributed by atoms with Gasteiger partial charge in [-0.1, -0.05) is 83.9 Å². The molecule has 0 bridgehead atoms. The molecule has 0 amide bonds. The van der Waals surface area contributed by atoms with Crippen molar-refractivity contribution in [3.63, 3.8) is 0 Å². The molecule has 0 aliphatic rings. The van der Waals surface area contributed by atoms with E-state index >= 15 is 0 Å². The lowest BCUT2D eigenvalue weighted by Gasteiger charge is -2.15. The Kier molecular flexibility index (Phi) is 7.81. The van der Waals surface area contributed by atoms with Crippen LogP contribution in [0.3, 0.4) is 0 Å². The van der Waals surface area contributed by atoms with E-state index in [1.165, 1.54) is 41.5 Å². The Labute approximate surface area is 218 Å². The van der Waals surface area contributed by atoms with Crippen LogP contribution in [0.2, 0.25) is 0 Å². The first-order valence-electron chi connectivity index (χ1n) is 11.9. The summed E-state index contributed by atoms with van der Waals surface area (Å²) in [5, 5.41) is 2.95. The van der Waals surface area contributed by atoms with E-state index in [0.29, 0.717) is 22.3 Å². The largest absolute Gasteiger partial charge is 0.495 e. The van der Waals surface area contributed by atoms with Gasteiger partial charge >= 0.3 is 0 Å². The number of fused-ring (bicyclic) bond motifs is 2. The summed E-state index contributed by atoms with van der Waals surface area (Å²) in [6.07, 6.45) is 1.03. The first-order valence-corrected chi connectivity index (χ1v) is 13.3. The lowest BCUT2D eigenvalue weighted by Crippen LogP contribution is -1.99. The van der Waals surface area contributed by atoms with E-state index in [9.17, 15) is 13.0 Å². The molecule has 37 heavy (non-hydrogen) atoms. The minimum atomic E-state index is -4.29. The highest BCUT2D eigenvalue weighted by atomic mass is 32.2. The van der Waals surface area contributed by atoms with Gasteiger partial charge < -0.3 is 9.47 Å². The van der Waals surface area contributed by atoms with Gasteiger partial charge in [-0.2, -0.15) is 8.42 Å². The Morgan fingerprint density at radius 3 is 1.49 bits per heavy atom. The molecule has 0 spiro atoms. The number of ether oxygens (including phenoxy) is 2. The molecule has 0 heterocycles. The van der Waals surface area contributed by atoms with E-state index < -0.39 is 10.1 Å². The SMILES string of the molecule is COc1c2ccccc2c(OC)c2cc(S(=O)(=O)O)ccc12.Cc1ccc(Cc2ccc(C)cc2)cc1. The zero-order chi connectivity index (χ0) is 26.6. The van der Waals surface area contributed by atoms with Gasteiger partial charge in [0.15, 0.2) is 0 Å². The van der Waals surface area contributed by atoms with Crippen LogP contribution in [-0.4, -0.2) is 27.2 Å². The highest BCUT2D eigenvalue weighted by molar-refractivity contribution is 7.85. The van der Waals surface area contributed by atoms with Gasteiger partial charge in [0.2, 0.25) is 0 Å². The van der Waals surface area contributed by atoms with E-state index in [1.54, 1.807) is 13.2 Å². The van der Waals surface area contributed by atoms with Crippen molar-refractivity contribution in [1.82, 2.24) is 0 Å². The van der Waals surface area contributed by atoms with E-state index in [0.717, 1.165) is 17.2 Å². The molecule has 0 radical (unpaired) electrons. The third kappa shape index (κ3) is 5.93.